The van der Waals surface area contributed by atoms with E-state index in [4.69, 9.17) is 0 Å². The van der Waals surface area contributed by atoms with E-state index in [2.05, 4.69) is 47.0 Å². The number of nitrogens with one attached hydrogen (secondary N) is 1. The number of benzene rings is 1. The zero-order valence-electron chi connectivity index (χ0n) is 8.65. The second-order valence-corrected chi connectivity index (χ2v) is 3.77. The lowest BCUT2D eigenvalue weighted by molar-refractivity contribution is -0.787. The molecule has 0 spiro atoms. The van der Waals surface area contributed by atoms with Gasteiger partial charge in [0.25, 0.3) is 0 Å². The molecular weight excluding hydrogens is 146 g/mol. The summed E-state index contributed by atoms with van der Waals surface area (Å²) in [6.45, 7) is 6.51. The molecule has 1 nitrogen and oxygen atoms in total. The summed E-state index contributed by atoms with van der Waals surface area (Å²) in [5, 5.41) is 0. The van der Waals surface area contributed by atoms with Crippen molar-refractivity contribution in [1.82, 2.24) is 0 Å². The molecule has 12 heavy (non-hydrogen) atoms. The minimum atomic E-state index is 1.36. The minimum Gasteiger partial charge on any atom is -0.307 e. The minimum absolute atomic E-state index is 1.36. The van der Waals surface area contributed by atoms with E-state index in [1.54, 1.807) is 0 Å². The fraction of sp³-hybridized carbons (Fsp3) is 0.455. The third-order valence-electron chi connectivity index (χ3n) is 2.18. The van der Waals surface area contributed by atoms with E-state index in [0.29, 0.717) is 0 Å². The van der Waals surface area contributed by atoms with Gasteiger partial charge in [0.1, 0.15) is 5.69 Å². The molecule has 0 unspecified atom stereocenters. The highest BCUT2D eigenvalue weighted by Crippen LogP contribution is 2.17. The van der Waals surface area contributed by atoms with Crippen molar-refractivity contribution in [2.45, 2.75) is 20.8 Å². The van der Waals surface area contributed by atoms with Crippen LogP contribution in [0.3, 0.4) is 0 Å². The van der Waals surface area contributed by atoms with Gasteiger partial charge >= 0.3 is 0 Å². The van der Waals surface area contributed by atoms with E-state index in [1.165, 1.54) is 27.3 Å². The van der Waals surface area contributed by atoms with Crippen LogP contribution >= 0.6 is 0 Å². The third-order valence-corrected chi connectivity index (χ3v) is 2.18. The Morgan fingerprint density at radius 1 is 0.917 bits per heavy atom. The first-order valence-electron chi connectivity index (χ1n) is 4.40. The van der Waals surface area contributed by atoms with Crippen molar-refractivity contribution in [1.29, 1.82) is 0 Å². The summed E-state index contributed by atoms with van der Waals surface area (Å²) in [5.74, 6) is 0. The Morgan fingerprint density at radius 3 is 1.67 bits per heavy atom. The van der Waals surface area contributed by atoms with Crippen LogP contribution in [0.15, 0.2) is 12.1 Å². The number of rotatable bonds is 1. The summed E-state index contributed by atoms with van der Waals surface area (Å²) in [5.41, 5.74) is 5.58. The second-order valence-electron chi connectivity index (χ2n) is 3.77. The summed E-state index contributed by atoms with van der Waals surface area (Å²) in [6, 6.07) is 4.49. The molecule has 0 saturated heterocycles. The second kappa shape index (κ2) is 3.28. The molecule has 0 fully saturated rings. The van der Waals surface area contributed by atoms with Crippen molar-refractivity contribution in [3.05, 3.63) is 28.8 Å². The molecule has 0 bridgehead atoms. The van der Waals surface area contributed by atoms with E-state index in [1.807, 2.05) is 0 Å². The first-order valence-corrected chi connectivity index (χ1v) is 4.40. The molecule has 1 heteroatoms. The van der Waals surface area contributed by atoms with Crippen molar-refractivity contribution >= 4 is 5.69 Å². The van der Waals surface area contributed by atoms with E-state index in [-0.39, 0.29) is 0 Å². The fourth-order valence-corrected chi connectivity index (χ4v) is 1.97. The Morgan fingerprint density at radius 2 is 1.33 bits per heavy atom. The molecule has 0 amide bonds. The Kier molecular flexibility index (Phi) is 2.53. The first kappa shape index (κ1) is 9.27. The molecule has 0 aliphatic heterocycles. The van der Waals surface area contributed by atoms with Crippen molar-refractivity contribution < 1.29 is 4.90 Å². The predicted octanol–water partition coefficient (Wildman–Crippen LogP) is 1.39. The van der Waals surface area contributed by atoms with Gasteiger partial charge in [-0.15, -0.1) is 0 Å². The summed E-state index contributed by atoms with van der Waals surface area (Å²) in [4.78, 5) is 1.41. The topological polar surface area (TPSA) is 4.44 Å². The van der Waals surface area contributed by atoms with Gasteiger partial charge in [-0.05, 0) is 20.8 Å². The van der Waals surface area contributed by atoms with Crippen LogP contribution < -0.4 is 4.90 Å². The van der Waals surface area contributed by atoms with Crippen LogP contribution in [0.5, 0.6) is 0 Å². The fourth-order valence-electron chi connectivity index (χ4n) is 1.97. The standard InChI is InChI=1S/C11H17N/c1-8-6-9(2)11(12(4)5)10(3)7-8/h6-7H,1-5H3/p+1. The molecule has 0 saturated carbocycles. The highest BCUT2D eigenvalue weighted by atomic mass is 15.1. The lowest BCUT2D eigenvalue weighted by Crippen LogP contribution is -3.00. The molecule has 0 radical (unpaired) electrons. The van der Waals surface area contributed by atoms with Crippen molar-refractivity contribution in [3.8, 4) is 0 Å². The number of hydrogen-bond acceptors (Lipinski definition) is 0. The summed E-state index contributed by atoms with van der Waals surface area (Å²) in [6.07, 6.45) is 0. The van der Waals surface area contributed by atoms with Crippen LogP contribution in [0.4, 0.5) is 5.69 Å². The molecule has 1 aromatic rings. The first-order chi connectivity index (χ1) is 5.52. The van der Waals surface area contributed by atoms with Crippen LogP contribution in [0.1, 0.15) is 16.7 Å². The quantitative estimate of drug-likeness (QED) is 0.639. The van der Waals surface area contributed by atoms with Crippen molar-refractivity contribution in [2.24, 2.45) is 0 Å². The molecule has 0 aromatic heterocycles. The molecule has 0 aliphatic rings. The Balaban J connectivity index is 3.28. The normalized spacial score (nSPS) is 10.8. The number of hydrogen-bond donors (Lipinski definition) is 1. The average molecular weight is 164 g/mol. The van der Waals surface area contributed by atoms with E-state index >= 15 is 0 Å². The molecule has 0 aliphatic carbocycles. The number of aryl methyl sites for hydroxylation is 3. The summed E-state index contributed by atoms with van der Waals surface area (Å²) >= 11 is 0. The van der Waals surface area contributed by atoms with Gasteiger partial charge in [0, 0.05) is 11.1 Å². The van der Waals surface area contributed by atoms with Crippen LogP contribution in [0.25, 0.3) is 0 Å². The van der Waals surface area contributed by atoms with E-state index in [9.17, 15) is 0 Å². The van der Waals surface area contributed by atoms with Crippen molar-refractivity contribution in [2.75, 3.05) is 14.1 Å². The molecule has 1 aromatic carbocycles. The van der Waals surface area contributed by atoms with Crippen LogP contribution in [0, 0.1) is 20.8 Å². The van der Waals surface area contributed by atoms with Gasteiger partial charge in [-0.25, -0.2) is 0 Å². The maximum Gasteiger partial charge on any atom is 0.136 e. The highest BCUT2D eigenvalue weighted by Gasteiger charge is 2.09. The van der Waals surface area contributed by atoms with Gasteiger partial charge in [-0.1, -0.05) is 17.7 Å². The molecule has 1 rings (SSSR count). The monoisotopic (exact) mass is 164 g/mol. The zero-order valence-corrected chi connectivity index (χ0v) is 8.65. The molecule has 66 valence electrons. The van der Waals surface area contributed by atoms with E-state index < -0.39 is 0 Å². The lowest BCUT2D eigenvalue weighted by atomic mass is 10.0. The molecule has 1 N–H and O–H groups in total. The maximum absolute atomic E-state index is 2.25. The summed E-state index contributed by atoms with van der Waals surface area (Å²) < 4.78 is 0. The zero-order chi connectivity index (χ0) is 9.30. The van der Waals surface area contributed by atoms with Crippen LogP contribution in [0.2, 0.25) is 0 Å². The van der Waals surface area contributed by atoms with E-state index in [0.717, 1.165) is 0 Å². The van der Waals surface area contributed by atoms with Gasteiger partial charge in [0.05, 0.1) is 14.1 Å². The number of quaternary nitrogens is 1. The molecule has 0 heterocycles. The van der Waals surface area contributed by atoms with Crippen LogP contribution in [-0.2, 0) is 0 Å². The third kappa shape index (κ3) is 1.67. The van der Waals surface area contributed by atoms with Gasteiger partial charge in [-0.2, -0.15) is 0 Å². The Hall–Kier alpha value is -0.820. The van der Waals surface area contributed by atoms with Crippen LogP contribution in [-0.4, -0.2) is 14.1 Å². The summed E-state index contributed by atoms with van der Waals surface area (Å²) in [7, 11) is 4.34. The Labute approximate surface area is 75.0 Å². The average Bonchev–Trinajstić information content (AvgIpc) is 1.82. The molecule has 0 atom stereocenters. The SMILES string of the molecule is Cc1cc(C)c([NH+](C)C)c(C)c1. The predicted molar refractivity (Wildman–Crippen MR) is 53.1 cm³/mol. The maximum atomic E-state index is 2.25. The van der Waals surface area contributed by atoms with Gasteiger partial charge in [0.15, 0.2) is 0 Å². The Bertz CT molecular complexity index is 264. The smallest absolute Gasteiger partial charge is 0.136 e. The van der Waals surface area contributed by atoms with Crippen molar-refractivity contribution in [3.63, 3.8) is 0 Å². The van der Waals surface area contributed by atoms with Gasteiger partial charge < -0.3 is 4.90 Å². The molecular formula is C11H18N+. The largest absolute Gasteiger partial charge is 0.307 e. The van der Waals surface area contributed by atoms with Gasteiger partial charge in [-0.3, -0.25) is 0 Å². The van der Waals surface area contributed by atoms with Gasteiger partial charge in [0.2, 0.25) is 0 Å². The lowest BCUT2D eigenvalue weighted by Gasteiger charge is -2.13. The highest BCUT2D eigenvalue weighted by molar-refractivity contribution is 5.48.